The minimum atomic E-state index is 0.227. The van der Waals surface area contributed by atoms with Crippen LogP contribution in [0, 0.1) is 0 Å². The van der Waals surface area contributed by atoms with Crippen LogP contribution in [0.5, 0.6) is 0 Å². The van der Waals surface area contributed by atoms with Crippen LogP contribution in [-0.4, -0.2) is 19.9 Å². The summed E-state index contributed by atoms with van der Waals surface area (Å²) in [5, 5.41) is 0. The fraction of sp³-hybridized carbons (Fsp3) is 0.222. The summed E-state index contributed by atoms with van der Waals surface area (Å²) in [7, 11) is 0. The molecular formula is C18H20N4. The Hall–Kier alpha value is -2.46. The molecule has 0 aliphatic heterocycles. The number of hydrogen-bond donors (Lipinski definition) is 1. The molecule has 1 N–H and O–H groups in total. The third kappa shape index (κ3) is 3.59. The molecule has 3 rings (SSSR count). The van der Waals surface area contributed by atoms with Gasteiger partial charge in [-0.05, 0) is 24.6 Å². The van der Waals surface area contributed by atoms with Crippen molar-refractivity contribution in [2.75, 3.05) is 0 Å². The lowest BCUT2D eigenvalue weighted by Gasteiger charge is -2.28. The molecule has 112 valence electrons. The monoisotopic (exact) mass is 292 g/mol. The minimum Gasteiger partial charge on any atom is -0.347 e. The highest BCUT2D eigenvalue weighted by atomic mass is 15.2. The molecule has 0 unspecified atom stereocenters. The standard InChI is InChI=1S/C18H20N4/c1-15(18-9-5-6-10-20-18)22(13-17-11-19-14-21-17)12-16-7-3-2-4-8-16/h2-11,14-15H,12-13H2,1H3,(H,19,21)/t15-/m1/s1. The van der Waals surface area contributed by atoms with Crippen LogP contribution in [0.25, 0.3) is 0 Å². The van der Waals surface area contributed by atoms with Gasteiger partial charge in [0, 0.05) is 37.2 Å². The third-order valence-electron chi connectivity index (χ3n) is 3.82. The number of nitrogens with zero attached hydrogens (tertiary/aromatic N) is 3. The molecule has 1 aromatic carbocycles. The lowest BCUT2D eigenvalue weighted by Crippen LogP contribution is -2.27. The van der Waals surface area contributed by atoms with E-state index < -0.39 is 0 Å². The number of benzene rings is 1. The molecule has 2 aromatic heterocycles. The number of imidazole rings is 1. The Kier molecular flexibility index (Phi) is 4.61. The molecule has 0 saturated carbocycles. The van der Waals surface area contributed by atoms with Gasteiger partial charge in [0.05, 0.1) is 12.0 Å². The highest BCUT2D eigenvalue weighted by Gasteiger charge is 2.18. The zero-order valence-electron chi connectivity index (χ0n) is 12.7. The molecule has 0 aliphatic rings. The van der Waals surface area contributed by atoms with Crippen LogP contribution in [-0.2, 0) is 13.1 Å². The van der Waals surface area contributed by atoms with E-state index in [2.05, 4.69) is 57.1 Å². The Morgan fingerprint density at radius 1 is 1.05 bits per heavy atom. The molecule has 4 nitrogen and oxygen atoms in total. The Morgan fingerprint density at radius 2 is 1.86 bits per heavy atom. The molecule has 0 aliphatic carbocycles. The van der Waals surface area contributed by atoms with Crippen molar-refractivity contribution in [1.29, 1.82) is 0 Å². The van der Waals surface area contributed by atoms with Crippen LogP contribution >= 0.6 is 0 Å². The number of nitrogens with one attached hydrogen (secondary N) is 1. The summed E-state index contributed by atoms with van der Waals surface area (Å²) in [4.78, 5) is 14.2. The summed E-state index contributed by atoms with van der Waals surface area (Å²) in [6, 6.07) is 16.8. The maximum absolute atomic E-state index is 4.50. The zero-order chi connectivity index (χ0) is 15.2. The second kappa shape index (κ2) is 7.00. The van der Waals surface area contributed by atoms with E-state index >= 15 is 0 Å². The molecule has 1 atom stereocenters. The molecule has 3 aromatic rings. The number of hydrogen-bond acceptors (Lipinski definition) is 3. The van der Waals surface area contributed by atoms with Crippen molar-refractivity contribution >= 4 is 0 Å². The lowest BCUT2D eigenvalue weighted by molar-refractivity contribution is 0.186. The number of H-pyrrole nitrogens is 1. The van der Waals surface area contributed by atoms with E-state index in [1.807, 2.05) is 30.6 Å². The van der Waals surface area contributed by atoms with Gasteiger partial charge >= 0.3 is 0 Å². The summed E-state index contributed by atoms with van der Waals surface area (Å²) < 4.78 is 0. The summed E-state index contributed by atoms with van der Waals surface area (Å²) >= 11 is 0. The predicted molar refractivity (Wildman–Crippen MR) is 86.9 cm³/mol. The second-order valence-corrected chi connectivity index (χ2v) is 5.40. The van der Waals surface area contributed by atoms with Gasteiger partial charge in [-0.2, -0.15) is 0 Å². The van der Waals surface area contributed by atoms with Gasteiger partial charge in [0.2, 0.25) is 0 Å². The molecule has 0 amide bonds. The first-order valence-corrected chi connectivity index (χ1v) is 7.49. The SMILES string of the molecule is C[C@H](c1ccccn1)N(Cc1ccccc1)Cc1cnc[nH]1. The van der Waals surface area contributed by atoms with Gasteiger partial charge in [0.1, 0.15) is 0 Å². The second-order valence-electron chi connectivity index (χ2n) is 5.40. The fourth-order valence-electron chi connectivity index (χ4n) is 2.55. The average molecular weight is 292 g/mol. The van der Waals surface area contributed by atoms with Crippen LogP contribution in [0.4, 0.5) is 0 Å². The molecular weight excluding hydrogens is 272 g/mol. The zero-order valence-corrected chi connectivity index (χ0v) is 12.7. The van der Waals surface area contributed by atoms with E-state index in [0.717, 1.165) is 24.5 Å². The van der Waals surface area contributed by atoms with Gasteiger partial charge in [0.15, 0.2) is 0 Å². The normalized spacial score (nSPS) is 12.5. The van der Waals surface area contributed by atoms with Gasteiger partial charge in [-0.3, -0.25) is 9.88 Å². The number of aromatic amines is 1. The number of rotatable bonds is 6. The molecule has 22 heavy (non-hydrogen) atoms. The van der Waals surface area contributed by atoms with E-state index in [1.54, 1.807) is 6.33 Å². The van der Waals surface area contributed by atoms with Crippen molar-refractivity contribution in [3.8, 4) is 0 Å². The molecule has 2 heterocycles. The Bertz CT molecular complexity index is 665. The molecule has 4 heteroatoms. The third-order valence-corrected chi connectivity index (χ3v) is 3.82. The summed E-state index contributed by atoms with van der Waals surface area (Å²) in [5.41, 5.74) is 3.49. The quantitative estimate of drug-likeness (QED) is 0.755. The van der Waals surface area contributed by atoms with Gasteiger partial charge < -0.3 is 4.98 Å². The van der Waals surface area contributed by atoms with Gasteiger partial charge in [-0.1, -0.05) is 36.4 Å². The van der Waals surface area contributed by atoms with Gasteiger partial charge in [-0.25, -0.2) is 4.98 Å². The Balaban J connectivity index is 1.82. The maximum atomic E-state index is 4.50. The van der Waals surface area contributed by atoms with Crippen LogP contribution in [0.3, 0.4) is 0 Å². The molecule has 0 spiro atoms. The van der Waals surface area contributed by atoms with Crippen molar-refractivity contribution in [2.45, 2.75) is 26.1 Å². The number of aromatic nitrogens is 3. The predicted octanol–water partition coefficient (Wildman–Crippen LogP) is 3.57. The topological polar surface area (TPSA) is 44.8 Å². The smallest absolute Gasteiger partial charge is 0.0922 e. The molecule has 0 saturated heterocycles. The number of pyridine rings is 1. The minimum absolute atomic E-state index is 0.227. The van der Waals surface area contributed by atoms with Crippen LogP contribution in [0.1, 0.15) is 29.9 Å². The van der Waals surface area contributed by atoms with E-state index in [-0.39, 0.29) is 6.04 Å². The van der Waals surface area contributed by atoms with E-state index in [4.69, 9.17) is 0 Å². The molecule has 0 bridgehead atoms. The summed E-state index contributed by atoms with van der Waals surface area (Å²) in [5.74, 6) is 0. The fourth-order valence-corrected chi connectivity index (χ4v) is 2.55. The maximum Gasteiger partial charge on any atom is 0.0922 e. The Labute approximate surface area is 130 Å². The van der Waals surface area contributed by atoms with Crippen molar-refractivity contribution in [2.24, 2.45) is 0 Å². The van der Waals surface area contributed by atoms with Crippen molar-refractivity contribution in [3.05, 3.63) is 84.2 Å². The van der Waals surface area contributed by atoms with Crippen LogP contribution in [0.15, 0.2) is 67.3 Å². The highest BCUT2D eigenvalue weighted by molar-refractivity contribution is 5.16. The average Bonchev–Trinajstić information content (AvgIpc) is 3.08. The molecule has 0 fully saturated rings. The van der Waals surface area contributed by atoms with E-state index in [9.17, 15) is 0 Å². The van der Waals surface area contributed by atoms with E-state index in [0.29, 0.717) is 0 Å². The van der Waals surface area contributed by atoms with Gasteiger partial charge in [0.25, 0.3) is 0 Å². The summed E-state index contributed by atoms with van der Waals surface area (Å²) in [6.07, 6.45) is 5.45. The summed E-state index contributed by atoms with van der Waals surface area (Å²) in [6.45, 7) is 3.88. The largest absolute Gasteiger partial charge is 0.347 e. The van der Waals surface area contributed by atoms with Gasteiger partial charge in [-0.15, -0.1) is 0 Å². The first-order chi connectivity index (χ1) is 10.8. The van der Waals surface area contributed by atoms with Crippen LogP contribution in [0.2, 0.25) is 0 Å². The Morgan fingerprint density at radius 3 is 2.55 bits per heavy atom. The van der Waals surface area contributed by atoms with E-state index in [1.165, 1.54) is 5.56 Å². The first-order valence-electron chi connectivity index (χ1n) is 7.49. The van der Waals surface area contributed by atoms with Crippen molar-refractivity contribution < 1.29 is 0 Å². The molecule has 0 radical (unpaired) electrons. The van der Waals surface area contributed by atoms with Crippen LogP contribution < -0.4 is 0 Å². The highest BCUT2D eigenvalue weighted by Crippen LogP contribution is 2.22. The first kappa shape index (κ1) is 14.5. The lowest BCUT2D eigenvalue weighted by atomic mass is 10.1. The van der Waals surface area contributed by atoms with Crippen molar-refractivity contribution in [3.63, 3.8) is 0 Å². The van der Waals surface area contributed by atoms with Crippen molar-refractivity contribution in [1.82, 2.24) is 19.9 Å².